The number of aliphatic hydroxyl groups excluding tert-OH is 3. The highest BCUT2D eigenvalue weighted by Crippen LogP contribution is 2.69. The summed E-state index contributed by atoms with van der Waals surface area (Å²) in [5.41, 5.74) is -1.02. The molecule has 0 aromatic rings. The van der Waals surface area contributed by atoms with E-state index in [2.05, 4.69) is 45.4 Å². The maximum Gasteiger partial charge on any atom is 0.394 e. The molecule has 5 N–H and O–H groups in total. The fourth-order valence-corrected chi connectivity index (χ4v) is 22.3. The zero-order valence-electron chi connectivity index (χ0n) is 53.5. The Kier molecular flexibility index (Phi) is 25.3. The Labute approximate surface area is 539 Å². The molecule has 0 unspecified atom stereocenters. The van der Waals surface area contributed by atoms with Crippen molar-refractivity contribution >= 4 is 39.3 Å². The number of ketones is 5. The average molecular weight is 1290 g/mol. The third kappa shape index (κ3) is 14.4. The molecule has 1 aliphatic heterocycles. The van der Waals surface area contributed by atoms with Gasteiger partial charge < -0.3 is 43.7 Å². The lowest BCUT2D eigenvalue weighted by Gasteiger charge is -2.60. The molecule has 0 amide bonds. The van der Waals surface area contributed by atoms with Crippen LogP contribution < -0.4 is 0 Å². The maximum absolute atomic E-state index is 13.5. The first-order valence-corrected chi connectivity index (χ1v) is 34.5. The van der Waals surface area contributed by atoms with E-state index in [9.17, 15) is 39.4 Å². The third-order valence-electron chi connectivity index (χ3n) is 26.4. The Balaban J connectivity index is 0.000000197. The second kappa shape index (κ2) is 29.8. The summed E-state index contributed by atoms with van der Waals surface area (Å²) < 4.78 is 63.9. The molecule has 0 spiro atoms. The minimum absolute atomic E-state index is 0. The fourth-order valence-electron chi connectivity index (χ4n) is 22.3. The molecule has 0 bridgehead atoms. The molecule has 13 aliphatic rings. The Morgan fingerprint density at radius 3 is 1.29 bits per heavy atom. The van der Waals surface area contributed by atoms with E-state index in [1.165, 1.54) is 12.8 Å². The monoisotopic (exact) mass is 1290 g/mol. The quantitative estimate of drug-likeness (QED) is 0.0771. The van der Waals surface area contributed by atoms with Crippen molar-refractivity contribution in [2.45, 2.75) is 235 Å². The van der Waals surface area contributed by atoms with Gasteiger partial charge in [0.05, 0.1) is 88.3 Å². The van der Waals surface area contributed by atoms with Gasteiger partial charge in [-0.2, -0.15) is 13.7 Å². The Morgan fingerprint density at radius 1 is 0.511 bits per heavy atom. The van der Waals surface area contributed by atoms with E-state index in [-0.39, 0.29) is 97.6 Å². The van der Waals surface area contributed by atoms with Gasteiger partial charge in [-0.05, 0) is 178 Å². The molecule has 13 fully saturated rings. The topological polar surface area (TPSA) is 303 Å². The highest BCUT2D eigenvalue weighted by molar-refractivity contribution is 7.79. The fraction of sp³-hybridized carbons (Fsp3) is 0.914. The molecular weight excluding hydrogens is 1170 g/mol. The van der Waals surface area contributed by atoms with Crippen molar-refractivity contribution in [1.29, 1.82) is 5.26 Å². The van der Waals surface area contributed by atoms with Crippen LogP contribution in [0.15, 0.2) is 0 Å². The summed E-state index contributed by atoms with van der Waals surface area (Å²) in [7, 11) is 0.179. The minimum Gasteiger partial charge on any atom is -0.394 e. The van der Waals surface area contributed by atoms with Gasteiger partial charge in [0.15, 0.2) is 0 Å². The van der Waals surface area contributed by atoms with Crippen molar-refractivity contribution in [1.82, 2.24) is 0 Å². The number of Topliss-reactive ketones (excluding diaryl/α,β-unsaturated/α-hetero) is 5. The number of hydrogen-bond donors (Lipinski definition) is 5. The zero-order chi connectivity index (χ0) is 63.4. The van der Waals surface area contributed by atoms with Gasteiger partial charge in [-0.25, -0.2) is 0 Å². The van der Waals surface area contributed by atoms with E-state index in [4.69, 9.17) is 46.3 Å². The van der Waals surface area contributed by atoms with Crippen molar-refractivity contribution in [3.05, 3.63) is 0 Å². The van der Waals surface area contributed by atoms with Crippen LogP contribution >= 0.6 is 0 Å². The number of fused-ring (bicyclic) bond motifs is 16. The van der Waals surface area contributed by atoms with Gasteiger partial charge in [0.1, 0.15) is 28.9 Å². The third-order valence-corrected chi connectivity index (χ3v) is 26.4. The molecule has 0 radical (unpaired) electrons. The molecule has 13 rings (SSSR count). The molecule has 12 saturated carbocycles. The number of nitrogens with zero attached hydrogens (tertiary/aromatic N) is 1. The number of carbonyl (C=O) groups is 5. The summed E-state index contributed by atoms with van der Waals surface area (Å²) in [5, 5.41) is 38.9. The Bertz CT molecular complexity index is 2660. The van der Waals surface area contributed by atoms with Crippen LogP contribution in [0.5, 0.6) is 0 Å². The number of ether oxygens (including phenoxy) is 6. The van der Waals surface area contributed by atoms with Crippen molar-refractivity contribution in [3.8, 4) is 6.07 Å². The van der Waals surface area contributed by atoms with Gasteiger partial charge in [0.2, 0.25) is 0 Å². The minimum atomic E-state index is -4.67. The molecule has 19 nitrogen and oxygen atoms in total. The van der Waals surface area contributed by atoms with Crippen molar-refractivity contribution < 1.29 is 85.2 Å². The Morgan fingerprint density at radius 2 is 0.900 bits per heavy atom. The van der Waals surface area contributed by atoms with Crippen LogP contribution in [0.1, 0.15) is 199 Å². The molecular formula is C70H117NO18S. The van der Waals surface area contributed by atoms with Gasteiger partial charge in [0.25, 0.3) is 0 Å². The van der Waals surface area contributed by atoms with E-state index in [1.54, 1.807) is 21.3 Å². The standard InChI is InChI=1S/C23H35NO4.C22H34O5.C19H26O3.C3H8O2.3CH4.H2O4S/c1-22-11-19(26)21-16(17(22)7-5-15(22)13-24)6-4-14-10-18(25)20(12-23(14,21)2)28-9-8-27-3;1-21-12-18(27-9-8-26-3)16(23)10-13(21)4-5-14-15-6-7-19(25)22(15,2)11-17(24)20(14)21;1-18-9-15-14(22-15)7-10(18)3-4-11-12-5-6-16(21)19(12,2)8-13(20)17(11)18;1-5-3-2-4;;;;1-5(2,3)4/h14-18,20-21,25H,4-12H2,1-3H3;13-16,18,20,23H,4-12H2,1-3H3;10-12,14-15,17H,3-9H2,1-2H3;4H,2-3H2,1H3;3*1H4;(H2,1,2,3,4)/t14-,15+,16-,17-,18-,20-,21+,22+,23-;13-,14-,15-,16-,18-,20+,21-,22-;10-,11-,12-,14-,15+,17+,18-,19-;;;;;/m000...../s1. The lowest BCUT2D eigenvalue weighted by Crippen LogP contribution is -2.60. The number of nitriles is 1. The molecule has 12 aliphatic carbocycles. The van der Waals surface area contributed by atoms with Gasteiger partial charge in [-0.3, -0.25) is 33.1 Å². The summed E-state index contributed by atoms with van der Waals surface area (Å²) >= 11 is 0. The summed E-state index contributed by atoms with van der Waals surface area (Å²) in [5.74, 6) is 5.84. The molecule has 20 heteroatoms. The van der Waals surface area contributed by atoms with Crippen LogP contribution in [-0.2, 0) is 62.8 Å². The SMILES string of the molecule is C.C.C.COCCO.COCCO[C@H]1C[C@@]2(C)[C@@H](CC[C@@H]3[C@@H]2C(=O)C[C@]2(C)C(=O)CC[C@@H]32)C[C@@H]1O.COCCO[C@H]1C[C@@]2(C)[C@@H](CC[C@H]3[C@@H]4CC[C@H](C#N)[C@@]4(C)CC(=O)[C@@H]32)C[C@@H]1O.C[C@]12C[C@H]3O[C@H]3C[C@@H]1CC[C@@H]1[C@@H]2C(=O)C[C@]2(C)C(=O)CC[C@@H]12.O=S(=O)(O)O. The molecule has 25 atom stereocenters. The maximum atomic E-state index is 13.5. The predicted octanol–water partition coefficient (Wildman–Crippen LogP) is 10.2. The van der Waals surface area contributed by atoms with Crippen molar-refractivity contribution in [2.24, 2.45) is 109 Å². The second-order valence-corrected chi connectivity index (χ2v) is 31.6. The van der Waals surface area contributed by atoms with Crippen molar-refractivity contribution in [2.75, 3.05) is 61.0 Å². The van der Waals surface area contributed by atoms with Crippen LogP contribution in [0.4, 0.5) is 0 Å². The number of aliphatic hydroxyl groups is 3. The Hall–Kier alpha value is -2.65. The van der Waals surface area contributed by atoms with Crippen LogP contribution in [0.3, 0.4) is 0 Å². The van der Waals surface area contributed by atoms with Crippen LogP contribution in [0.2, 0.25) is 0 Å². The van der Waals surface area contributed by atoms with Crippen LogP contribution in [0, 0.1) is 121 Å². The summed E-state index contributed by atoms with van der Waals surface area (Å²) in [6, 6.07) is 2.51. The zero-order valence-corrected chi connectivity index (χ0v) is 54.3. The van der Waals surface area contributed by atoms with E-state index < -0.39 is 28.0 Å². The van der Waals surface area contributed by atoms with E-state index in [0.717, 1.165) is 83.5 Å². The highest BCUT2D eigenvalue weighted by Gasteiger charge is 2.68. The molecule has 90 heavy (non-hydrogen) atoms. The van der Waals surface area contributed by atoms with Crippen molar-refractivity contribution in [3.63, 3.8) is 0 Å². The number of rotatable bonds is 10. The van der Waals surface area contributed by atoms with Gasteiger partial charge in [-0.1, -0.05) is 63.8 Å². The highest BCUT2D eigenvalue weighted by atomic mass is 32.3. The first kappa shape index (κ1) is 76.4. The van der Waals surface area contributed by atoms with E-state index in [1.807, 2.05) is 6.92 Å². The van der Waals surface area contributed by atoms with E-state index >= 15 is 0 Å². The molecule has 1 heterocycles. The first-order chi connectivity index (χ1) is 41.0. The van der Waals surface area contributed by atoms with Crippen LogP contribution in [-0.4, -0.2) is 159 Å². The molecule has 1 saturated heterocycles. The number of epoxide rings is 1. The lowest BCUT2D eigenvalue weighted by atomic mass is 9.44. The van der Waals surface area contributed by atoms with E-state index in [0.29, 0.717) is 160 Å². The van der Waals surface area contributed by atoms with Gasteiger partial charge in [0, 0.05) is 82.0 Å². The molecule has 516 valence electrons. The molecule has 0 aromatic heterocycles. The van der Waals surface area contributed by atoms with Gasteiger partial charge in [-0.15, -0.1) is 0 Å². The number of methoxy groups -OCH3 is 3. The summed E-state index contributed by atoms with van der Waals surface area (Å²) in [6.07, 6.45) is 18.1. The summed E-state index contributed by atoms with van der Waals surface area (Å²) in [6.45, 7) is 15.8. The molecule has 0 aromatic carbocycles. The predicted molar refractivity (Wildman–Crippen MR) is 339 cm³/mol. The summed E-state index contributed by atoms with van der Waals surface area (Å²) in [4.78, 5) is 64.9. The smallest absolute Gasteiger partial charge is 0.394 e. The van der Waals surface area contributed by atoms with Crippen LogP contribution in [0.25, 0.3) is 0 Å². The lowest BCUT2D eigenvalue weighted by molar-refractivity contribution is -0.180. The van der Waals surface area contributed by atoms with Gasteiger partial charge >= 0.3 is 10.4 Å². The first-order valence-electron chi connectivity index (χ1n) is 33.1. The number of carbonyl (C=O) groups excluding carboxylic acids is 5. The average Bonchev–Trinajstić information content (AvgIpc) is 1.28. The number of hydrogen-bond acceptors (Lipinski definition) is 17. The largest absolute Gasteiger partial charge is 0.394 e. The normalized spacial score (nSPS) is 46.1. The second-order valence-electron chi connectivity index (χ2n) is 30.7.